The second kappa shape index (κ2) is 9.10. The van der Waals surface area contributed by atoms with Crippen molar-refractivity contribution in [3.8, 4) is 5.75 Å². The van der Waals surface area contributed by atoms with Crippen LogP contribution < -0.4 is 14.4 Å². The number of rotatable bonds is 8. The van der Waals surface area contributed by atoms with Crippen LogP contribution in [0.3, 0.4) is 0 Å². The maximum Gasteiger partial charge on any atom is 0.261 e. The molecule has 0 unspecified atom stereocenters. The highest BCUT2D eigenvalue weighted by Gasteiger charge is 2.20. The third kappa shape index (κ3) is 5.48. The van der Waals surface area contributed by atoms with Crippen molar-refractivity contribution in [3.63, 3.8) is 0 Å². The number of carbonyl (C=O) groups excluding carboxylic acids is 1. The number of hydrogen-bond acceptors (Lipinski definition) is 4. The molecule has 0 aromatic heterocycles. The largest absolute Gasteiger partial charge is 0.481 e. The Labute approximate surface area is 167 Å². The van der Waals surface area contributed by atoms with Gasteiger partial charge in [0.1, 0.15) is 5.75 Å². The van der Waals surface area contributed by atoms with Gasteiger partial charge in [0, 0.05) is 7.05 Å². The number of nitrogens with zero attached hydrogens (tertiary/aromatic N) is 1. The number of ether oxygens (including phenoxy) is 1. The fourth-order valence-electron chi connectivity index (χ4n) is 2.85. The second-order valence-electron chi connectivity index (χ2n) is 6.81. The third-order valence-electron chi connectivity index (χ3n) is 4.67. The number of anilines is 1. The van der Waals surface area contributed by atoms with E-state index in [-0.39, 0.29) is 11.9 Å². The molecule has 0 aliphatic rings. The first-order valence-corrected chi connectivity index (χ1v) is 11.0. The molecule has 0 saturated carbocycles. The van der Waals surface area contributed by atoms with E-state index in [2.05, 4.69) is 5.32 Å². The van der Waals surface area contributed by atoms with Crippen LogP contribution in [0.15, 0.2) is 48.5 Å². The number of benzene rings is 2. The minimum atomic E-state index is -3.32. The first kappa shape index (κ1) is 21.8. The van der Waals surface area contributed by atoms with Gasteiger partial charge in [-0.1, -0.05) is 31.2 Å². The maximum atomic E-state index is 12.6. The molecule has 2 rings (SSSR count). The lowest BCUT2D eigenvalue weighted by atomic mass is 9.99. The van der Waals surface area contributed by atoms with E-state index in [0.29, 0.717) is 11.4 Å². The summed E-state index contributed by atoms with van der Waals surface area (Å²) in [6, 6.07) is 14.5. The van der Waals surface area contributed by atoms with E-state index in [1.54, 1.807) is 31.2 Å². The van der Waals surface area contributed by atoms with E-state index >= 15 is 0 Å². The van der Waals surface area contributed by atoms with E-state index in [0.717, 1.165) is 23.8 Å². The molecule has 6 nitrogen and oxygen atoms in total. The molecule has 0 aliphatic heterocycles. The van der Waals surface area contributed by atoms with Crippen molar-refractivity contribution in [1.29, 1.82) is 0 Å². The van der Waals surface area contributed by atoms with Gasteiger partial charge in [-0.25, -0.2) is 8.42 Å². The summed E-state index contributed by atoms with van der Waals surface area (Å²) in [7, 11) is -1.84. The number of amides is 1. The fraction of sp³-hybridized carbons (Fsp3) is 0.381. The number of nitrogens with one attached hydrogen (secondary N) is 1. The average molecular weight is 405 g/mol. The Morgan fingerprint density at radius 3 is 2.29 bits per heavy atom. The molecule has 0 spiro atoms. The summed E-state index contributed by atoms with van der Waals surface area (Å²) < 4.78 is 30.1. The Hall–Kier alpha value is -2.54. The van der Waals surface area contributed by atoms with E-state index in [1.807, 2.05) is 38.1 Å². The number of hydrogen-bond donors (Lipinski definition) is 1. The van der Waals surface area contributed by atoms with Crippen molar-refractivity contribution < 1.29 is 17.9 Å². The summed E-state index contributed by atoms with van der Waals surface area (Å²) in [5, 5.41) is 3.04. The van der Waals surface area contributed by atoms with E-state index < -0.39 is 16.1 Å². The molecule has 0 bridgehead atoms. The van der Waals surface area contributed by atoms with Gasteiger partial charge in [0.2, 0.25) is 10.0 Å². The van der Waals surface area contributed by atoms with Gasteiger partial charge >= 0.3 is 0 Å². The highest BCUT2D eigenvalue weighted by molar-refractivity contribution is 7.92. The second-order valence-corrected chi connectivity index (χ2v) is 8.82. The summed E-state index contributed by atoms with van der Waals surface area (Å²) in [6.07, 6.45) is 1.23. The normalized spacial score (nSPS) is 13.5. The van der Waals surface area contributed by atoms with Crippen LogP contribution >= 0.6 is 0 Å². The van der Waals surface area contributed by atoms with Gasteiger partial charge in [0.05, 0.1) is 18.0 Å². The smallest absolute Gasteiger partial charge is 0.261 e. The molecule has 2 aromatic rings. The predicted molar refractivity (Wildman–Crippen MR) is 112 cm³/mol. The first-order chi connectivity index (χ1) is 13.1. The Morgan fingerprint density at radius 2 is 1.75 bits per heavy atom. The van der Waals surface area contributed by atoms with E-state index in [4.69, 9.17) is 4.74 Å². The van der Waals surface area contributed by atoms with Crippen molar-refractivity contribution in [3.05, 3.63) is 59.7 Å². The zero-order valence-electron chi connectivity index (χ0n) is 17.0. The minimum Gasteiger partial charge on any atom is -0.481 e. The molecule has 0 heterocycles. The van der Waals surface area contributed by atoms with Gasteiger partial charge < -0.3 is 10.1 Å². The van der Waals surface area contributed by atoms with Crippen LogP contribution in [-0.4, -0.2) is 33.7 Å². The van der Waals surface area contributed by atoms with Crippen LogP contribution in [0.4, 0.5) is 5.69 Å². The molecule has 1 amide bonds. The van der Waals surface area contributed by atoms with E-state index in [1.165, 1.54) is 11.4 Å². The zero-order valence-corrected chi connectivity index (χ0v) is 17.8. The Morgan fingerprint density at radius 1 is 1.14 bits per heavy atom. The Balaban J connectivity index is 2.03. The Kier molecular flexibility index (Phi) is 7.07. The SMILES string of the molecule is CC[C@@H](NC(=O)[C@H](C)Oc1ccc(N(C)S(C)(=O)=O)cc1)c1ccccc1C. The molecule has 152 valence electrons. The van der Waals surface area contributed by atoms with Gasteiger partial charge in [-0.05, 0) is 55.7 Å². The minimum absolute atomic E-state index is 0.0782. The lowest BCUT2D eigenvalue weighted by Crippen LogP contribution is -2.38. The zero-order chi connectivity index (χ0) is 20.9. The van der Waals surface area contributed by atoms with Gasteiger partial charge in [0.25, 0.3) is 5.91 Å². The molecule has 2 atom stereocenters. The van der Waals surface area contributed by atoms with Crippen molar-refractivity contribution in [2.24, 2.45) is 0 Å². The maximum absolute atomic E-state index is 12.6. The highest BCUT2D eigenvalue weighted by atomic mass is 32.2. The van der Waals surface area contributed by atoms with Gasteiger partial charge in [-0.2, -0.15) is 0 Å². The van der Waals surface area contributed by atoms with Gasteiger partial charge in [0.15, 0.2) is 6.10 Å². The molecular weight excluding hydrogens is 376 g/mol. The number of aryl methyl sites for hydroxylation is 1. The molecule has 0 saturated heterocycles. The van der Waals surface area contributed by atoms with Crippen molar-refractivity contribution >= 4 is 21.6 Å². The van der Waals surface area contributed by atoms with Crippen LogP contribution in [0.5, 0.6) is 5.75 Å². The standard InChI is InChI=1S/C21H28N2O4S/c1-6-20(19-10-8-7-9-15(19)2)22-21(24)16(3)27-18-13-11-17(12-14-18)23(4)28(5,25)26/h7-14,16,20H,6H2,1-5H3,(H,22,24)/t16-,20+/m0/s1. The molecule has 0 radical (unpaired) electrons. The van der Waals surface area contributed by atoms with Crippen molar-refractivity contribution in [2.75, 3.05) is 17.6 Å². The number of sulfonamides is 1. The molecule has 0 fully saturated rings. The molecule has 28 heavy (non-hydrogen) atoms. The molecule has 0 aliphatic carbocycles. The molecule has 2 aromatic carbocycles. The van der Waals surface area contributed by atoms with Crippen molar-refractivity contribution in [1.82, 2.24) is 5.32 Å². The average Bonchev–Trinajstić information content (AvgIpc) is 2.65. The highest BCUT2D eigenvalue weighted by Crippen LogP contribution is 2.23. The monoisotopic (exact) mass is 404 g/mol. The van der Waals surface area contributed by atoms with E-state index in [9.17, 15) is 13.2 Å². The number of carbonyl (C=O) groups is 1. The fourth-order valence-corrected chi connectivity index (χ4v) is 3.35. The summed E-state index contributed by atoms with van der Waals surface area (Å²) >= 11 is 0. The molecule has 7 heteroatoms. The first-order valence-electron chi connectivity index (χ1n) is 9.20. The predicted octanol–water partition coefficient (Wildman–Crippen LogP) is 3.43. The summed E-state index contributed by atoms with van der Waals surface area (Å²) in [5.41, 5.74) is 2.75. The van der Waals surface area contributed by atoms with Crippen LogP contribution in [0, 0.1) is 6.92 Å². The van der Waals surface area contributed by atoms with Crippen LogP contribution in [-0.2, 0) is 14.8 Å². The lowest BCUT2D eigenvalue weighted by Gasteiger charge is -2.22. The summed E-state index contributed by atoms with van der Waals surface area (Å²) in [5.74, 6) is 0.296. The summed E-state index contributed by atoms with van der Waals surface area (Å²) in [6.45, 7) is 5.75. The topological polar surface area (TPSA) is 75.7 Å². The molecule has 1 N–H and O–H groups in total. The van der Waals surface area contributed by atoms with Crippen LogP contribution in [0.25, 0.3) is 0 Å². The lowest BCUT2D eigenvalue weighted by molar-refractivity contribution is -0.128. The van der Waals surface area contributed by atoms with Gasteiger partial charge in [-0.3, -0.25) is 9.10 Å². The third-order valence-corrected chi connectivity index (χ3v) is 5.87. The van der Waals surface area contributed by atoms with Crippen molar-refractivity contribution in [2.45, 2.75) is 39.3 Å². The van der Waals surface area contributed by atoms with Crippen LogP contribution in [0.1, 0.15) is 37.4 Å². The summed E-state index contributed by atoms with van der Waals surface area (Å²) in [4.78, 5) is 12.6. The quantitative estimate of drug-likeness (QED) is 0.731. The Bertz CT molecular complexity index is 910. The van der Waals surface area contributed by atoms with Gasteiger partial charge in [-0.15, -0.1) is 0 Å². The molecular formula is C21H28N2O4S. The van der Waals surface area contributed by atoms with Crippen LogP contribution in [0.2, 0.25) is 0 Å².